The van der Waals surface area contributed by atoms with E-state index in [-0.39, 0.29) is 5.92 Å². The number of nitrogens with zero attached hydrogens (tertiary/aromatic N) is 2. The van der Waals surface area contributed by atoms with Crippen LogP contribution in [0.4, 0.5) is 0 Å². The van der Waals surface area contributed by atoms with E-state index in [4.69, 9.17) is 9.72 Å². The molecule has 1 aliphatic carbocycles. The highest BCUT2D eigenvalue weighted by molar-refractivity contribution is 7.18. The fourth-order valence-corrected chi connectivity index (χ4v) is 5.99. The molecule has 0 spiro atoms. The molecule has 160 valence electrons. The van der Waals surface area contributed by atoms with Crippen molar-refractivity contribution in [2.75, 3.05) is 0 Å². The Bertz CT molecular complexity index is 1060. The Balaban J connectivity index is 2.03. The van der Waals surface area contributed by atoms with Crippen molar-refractivity contribution in [3.05, 3.63) is 39.0 Å². The highest BCUT2D eigenvalue weighted by Crippen LogP contribution is 2.45. The molecule has 2 aliphatic rings. The topological polar surface area (TPSA) is 71.8 Å². The van der Waals surface area contributed by atoms with Gasteiger partial charge < -0.3 is 9.84 Å². The maximum Gasteiger partial charge on any atom is 0.337 e. The number of carboxylic acids is 1. The first kappa shape index (κ1) is 21.2. The van der Waals surface area contributed by atoms with Gasteiger partial charge in [-0.15, -0.1) is 11.3 Å². The number of aliphatic imine (C=N–C) groups is 1. The molecular formula is C24H30N2O3S. The number of rotatable bonds is 4. The molecule has 2 atom stereocenters. The van der Waals surface area contributed by atoms with Crippen molar-refractivity contribution in [3.63, 3.8) is 0 Å². The molecule has 2 aromatic rings. The smallest absolute Gasteiger partial charge is 0.337 e. The molecular weight excluding hydrogens is 396 g/mol. The molecule has 5 nitrogen and oxygen atoms in total. The zero-order valence-corrected chi connectivity index (χ0v) is 19.2. The number of ether oxygens (including phenoxy) is 1. The number of carboxylic acid groups (broad SMARTS) is 1. The number of hydrogen-bond acceptors (Lipinski definition) is 5. The minimum absolute atomic E-state index is 0.0766. The molecule has 0 amide bonds. The van der Waals surface area contributed by atoms with Gasteiger partial charge in [0.05, 0.1) is 5.60 Å². The van der Waals surface area contributed by atoms with Crippen LogP contribution in [0, 0.1) is 6.92 Å². The van der Waals surface area contributed by atoms with Gasteiger partial charge in [-0.1, -0.05) is 6.08 Å². The lowest BCUT2D eigenvalue weighted by atomic mass is 9.83. The van der Waals surface area contributed by atoms with Gasteiger partial charge in [0.2, 0.25) is 0 Å². The molecule has 0 saturated heterocycles. The third kappa shape index (κ3) is 3.95. The predicted molar refractivity (Wildman–Crippen MR) is 122 cm³/mol. The van der Waals surface area contributed by atoms with E-state index in [2.05, 4.69) is 11.1 Å². The zero-order chi connectivity index (χ0) is 21.6. The monoisotopic (exact) mass is 426 g/mol. The number of fused-ring (bicyclic) bond motifs is 3. The molecule has 3 heterocycles. The van der Waals surface area contributed by atoms with E-state index in [9.17, 15) is 9.90 Å². The van der Waals surface area contributed by atoms with Crippen molar-refractivity contribution in [1.82, 2.24) is 4.98 Å². The van der Waals surface area contributed by atoms with Crippen molar-refractivity contribution in [3.8, 4) is 0 Å². The summed E-state index contributed by atoms with van der Waals surface area (Å²) >= 11 is 1.78. The summed E-state index contributed by atoms with van der Waals surface area (Å²) in [5, 5.41) is 11.3. The Labute approximate surface area is 181 Å². The van der Waals surface area contributed by atoms with Crippen molar-refractivity contribution < 1.29 is 14.6 Å². The lowest BCUT2D eigenvalue weighted by Gasteiger charge is -2.30. The Morgan fingerprint density at radius 2 is 2.00 bits per heavy atom. The van der Waals surface area contributed by atoms with Gasteiger partial charge in [0.15, 0.2) is 6.10 Å². The first-order valence-corrected chi connectivity index (χ1v) is 11.5. The number of aliphatic carboxylic acids is 1. The van der Waals surface area contributed by atoms with Gasteiger partial charge in [0.1, 0.15) is 4.83 Å². The second-order valence-corrected chi connectivity index (χ2v) is 10.4. The van der Waals surface area contributed by atoms with Crippen LogP contribution >= 0.6 is 11.3 Å². The average molecular weight is 427 g/mol. The standard InChI is InChI=1S/C24H30N2O3S/c1-13-12-15(10-11-25-13)19-18(21(23(27)28)29-24(3,4)5)14(2)26-22-20(19)16-8-6-7-9-17(16)30-22/h11-12,15,21H,6-10H2,1-5H3,(H,27,28)/t15?,21-/m0/s1. The summed E-state index contributed by atoms with van der Waals surface area (Å²) in [6, 6.07) is 0. The second kappa shape index (κ2) is 7.89. The molecule has 0 bridgehead atoms. The lowest BCUT2D eigenvalue weighted by molar-refractivity contribution is -0.160. The third-order valence-electron chi connectivity index (χ3n) is 5.80. The number of hydrogen-bond donors (Lipinski definition) is 1. The van der Waals surface area contributed by atoms with Crippen LogP contribution in [0.3, 0.4) is 0 Å². The summed E-state index contributed by atoms with van der Waals surface area (Å²) in [6.07, 6.45) is 8.33. The van der Waals surface area contributed by atoms with Gasteiger partial charge in [0.25, 0.3) is 0 Å². The summed E-state index contributed by atoms with van der Waals surface area (Å²) in [6.45, 7) is 9.61. The highest BCUT2D eigenvalue weighted by Gasteiger charge is 2.35. The maximum absolute atomic E-state index is 12.4. The van der Waals surface area contributed by atoms with Crippen LogP contribution in [0.1, 0.15) is 86.2 Å². The Kier molecular flexibility index (Phi) is 5.58. The lowest BCUT2D eigenvalue weighted by Crippen LogP contribution is -2.29. The molecule has 0 aromatic carbocycles. The Hall–Kier alpha value is -2.05. The van der Waals surface area contributed by atoms with Crippen LogP contribution in [0.5, 0.6) is 0 Å². The molecule has 6 heteroatoms. The molecule has 1 N–H and O–H groups in total. The number of allylic oxidation sites excluding steroid dienone is 2. The van der Waals surface area contributed by atoms with Crippen LogP contribution in [0.2, 0.25) is 0 Å². The fraction of sp³-hybridized carbons (Fsp3) is 0.542. The van der Waals surface area contributed by atoms with E-state index in [0.29, 0.717) is 0 Å². The maximum atomic E-state index is 12.4. The Morgan fingerprint density at radius 3 is 2.67 bits per heavy atom. The molecule has 0 saturated carbocycles. The number of aromatic nitrogens is 1. The molecule has 1 aliphatic heterocycles. The number of pyridine rings is 1. The first-order valence-electron chi connectivity index (χ1n) is 10.7. The molecule has 2 aromatic heterocycles. The van der Waals surface area contributed by atoms with Crippen LogP contribution in [-0.4, -0.2) is 27.9 Å². The summed E-state index contributed by atoms with van der Waals surface area (Å²) in [5.74, 6) is -0.891. The van der Waals surface area contributed by atoms with Gasteiger partial charge in [0, 0.05) is 39.4 Å². The fourth-order valence-electron chi connectivity index (χ4n) is 4.67. The summed E-state index contributed by atoms with van der Waals surface area (Å²) in [5.41, 5.74) is 4.31. The Morgan fingerprint density at radius 1 is 1.27 bits per heavy atom. The summed E-state index contributed by atoms with van der Waals surface area (Å²) in [4.78, 5) is 24.2. The summed E-state index contributed by atoms with van der Waals surface area (Å²) < 4.78 is 6.10. The molecule has 4 rings (SSSR count). The van der Waals surface area contributed by atoms with Crippen molar-refractivity contribution in [2.45, 2.75) is 84.3 Å². The van der Waals surface area contributed by atoms with E-state index >= 15 is 0 Å². The highest BCUT2D eigenvalue weighted by atomic mass is 32.1. The van der Waals surface area contributed by atoms with E-state index in [1.165, 1.54) is 28.7 Å². The van der Waals surface area contributed by atoms with Gasteiger partial charge >= 0.3 is 5.97 Å². The van der Waals surface area contributed by atoms with Gasteiger partial charge in [-0.05, 0) is 77.8 Å². The SMILES string of the molecule is CC1=CC(c2c([C@H](OC(C)(C)C)C(=O)O)c(C)nc3sc4c(c23)CCCC4)CC=N1. The van der Waals surface area contributed by atoms with E-state index in [1.54, 1.807) is 11.3 Å². The van der Waals surface area contributed by atoms with Crippen molar-refractivity contribution >= 4 is 33.7 Å². The summed E-state index contributed by atoms with van der Waals surface area (Å²) in [7, 11) is 0. The minimum atomic E-state index is -1.05. The number of thiophene rings is 1. The second-order valence-electron chi connectivity index (χ2n) is 9.33. The first-order chi connectivity index (χ1) is 14.2. The predicted octanol–water partition coefficient (Wildman–Crippen LogP) is 5.89. The van der Waals surface area contributed by atoms with E-state index in [0.717, 1.165) is 46.6 Å². The molecule has 0 radical (unpaired) electrons. The minimum Gasteiger partial charge on any atom is -0.479 e. The van der Waals surface area contributed by atoms with Gasteiger partial charge in [-0.25, -0.2) is 9.78 Å². The van der Waals surface area contributed by atoms with Gasteiger partial charge in [-0.2, -0.15) is 0 Å². The van der Waals surface area contributed by atoms with E-state index < -0.39 is 17.7 Å². The average Bonchev–Trinajstić information content (AvgIpc) is 3.02. The molecule has 30 heavy (non-hydrogen) atoms. The van der Waals surface area contributed by atoms with Crippen LogP contribution in [0.15, 0.2) is 16.8 Å². The van der Waals surface area contributed by atoms with Crippen LogP contribution < -0.4 is 0 Å². The molecule has 0 fully saturated rings. The normalized spacial score (nSPS) is 20.2. The van der Waals surface area contributed by atoms with Gasteiger partial charge in [-0.3, -0.25) is 4.99 Å². The number of carbonyl (C=O) groups is 1. The van der Waals surface area contributed by atoms with E-state index in [1.807, 2.05) is 40.8 Å². The van der Waals surface area contributed by atoms with Crippen molar-refractivity contribution in [1.29, 1.82) is 0 Å². The van der Waals surface area contributed by atoms with Crippen LogP contribution in [0.25, 0.3) is 10.2 Å². The molecule has 1 unspecified atom stereocenters. The third-order valence-corrected chi connectivity index (χ3v) is 6.98. The quantitative estimate of drug-likeness (QED) is 0.662. The largest absolute Gasteiger partial charge is 0.479 e. The van der Waals surface area contributed by atoms with Crippen LogP contribution in [-0.2, 0) is 22.4 Å². The van der Waals surface area contributed by atoms with Crippen molar-refractivity contribution in [2.24, 2.45) is 4.99 Å². The zero-order valence-electron chi connectivity index (χ0n) is 18.4. The number of aryl methyl sites for hydroxylation is 3.